The topological polar surface area (TPSA) is 77.4 Å². The number of benzene rings is 2. The monoisotopic (exact) mass is 371 g/mol. The van der Waals surface area contributed by atoms with E-state index in [2.05, 4.69) is 16.1 Å². The number of aliphatic carboxylic acids is 1. The van der Waals surface area contributed by atoms with Gasteiger partial charge in [-0.15, -0.1) is 0 Å². The summed E-state index contributed by atoms with van der Waals surface area (Å²) in [7, 11) is 1.30. The second kappa shape index (κ2) is 8.35. The number of hydrogen-bond donors (Lipinski definition) is 1. The first-order valence-electron chi connectivity index (χ1n) is 7.86. The molecule has 1 N–H and O–H groups in total. The Morgan fingerprint density at radius 3 is 2.58 bits per heavy atom. The molecule has 26 heavy (non-hydrogen) atoms. The Labute approximate surface area is 154 Å². The van der Waals surface area contributed by atoms with Crippen LogP contribution in [0.5, 0.6) is 10.8 Å². The number of ether oxygens (including phenoxy) is 2. The Balaban J connectivity index is 1.53. The lowest BCUT2D eigenvalue weighted by molar-refractivity contribution is -0.129. The first kappa shape index (κ1) is 17.8. The zero-order valence-electron chi connectivity index (χ0n) is 14.0. The number of carbonyl (C=O) groups is 1. The highest BCUT2D eigenvalue weighted by molar-refractivity contribution is 7.16. The summed E-state index contributed by atoms with van der Waals surface area (Å²) < 4.78 is 11.3. The molecule has 134 valence electrons. The fraction of sp³-hybridized carbons (Fsp3) is 0.158. The number of thiophene rings is 1. The third kappa shape index (κ3) is 4.31. The maximum absolute atomic E-state index is 11.1. The average Bonchev–Trinajstić information content (AvgIpc) is 3.11. The minimum absolute atomic E-state index is 0.153. The quantitative estimate of drug-likeness (QED) is 0.370. The van der Waals surface area contributed by atoms with Crippen molar-refractivity contribution in [3.8, 4) is 10.8 Å². The van der Waals surface area contributed by atoms with E-state index < -0.39 is 5.97 Å². The van der Waals surface area contributed by atoms with Crippen LogP contribution in [0.2, 0.25) is 0 Å². The molecule has 1 heterocycles. The summed E-state index contributed by atoms with van der Waals surface area (Å²) in [5, 5.41) is 15.5. The highest BCUT2D eigenvalue weighted by Gasteiger charge is 2.16. The third-order valence-corrected chi connectivity index (χ3v) is 4.52. The summed E-state index contributed by atoms with van der Waals surface area (Å²) in [6.45, 7) is 0.722. The van der Waals surface area contributed by atoms with Crippen molar-refractivity contribution >= 4 is 33.8 Å². The molecule has 0 amide bonds. The van der Waals surface area contributed by atoms with Crippen molar-refractivity contribution in [3.63, 3.8) is 0 Å². The van der Waals surface area contributed by atoms with E-state index >= 15 is 0 Å². The molecule has 0 fully saturated rings. The number of nitrogens with zero attached hydrogens (tertiary/aromatic N) is 1. The second-order valence-corrected chi connectivity index (χ2v) is 6.30. The minimum atomic E-state index is -1.15. The van der Waals surface area contributed by atoms with Gasteiger partial charge in [-0.2, -0.15) is 0 Å². The molecule has 7 heteroatoms. The van der Waals surface area contributed by atoms with Gasteiger partial charge in [0, 0.05) is 0 Å². The van der Waals surface area contributed by atoms with E-state index in [-0.39, 0.29) is 5.71 Å². The van der Waals surface area contributed by atoms with E-state index in [0.717, 1.165) is 16.5 Å². The molecular weight excluding hydrogens is 354 g/mol. The van der Waals surface area contributed by atoms with Crippen molar-refractivity contribution in [2.24, 2.45) is 5.16 Å². The highest BCUT2D eigenvalue weighted by Crippen LogP contribution is 2.25. The summed E-state index contributed by atoms with van der Waals surface area (Å²) in [4.78, 5) is 16.2. The number of oxime groups is 1. The van der Waals surface area contributed by atoms with Crippen molar-refractivity contribution in [1.82, 2.24) is 0 Å². The van der Waals surface area contributed by atoms with Gasteiger partial charge in [-0.3, -0.25) is 0 Å². The number of carboxylic acid groups (broad SMARTS) is 1. The van der Waals surface area contributed by atoms with Crippen molar-refractivity contribution in [2.75, 3.05) is 20.3 Å². The molecule has 0 saturated carbocycles. The molecule has 1 aromatic heterocycles. The number of hydrogen-bond acceptors (Lipinski definition) is 6. The van der Waals surface area contributed by atoms with Gasteiger partial charge in [0.05, 0.1) is 4.88 Å². The Kier molecular flexibility index (Phi) is 5.70. The molecule has 0 aliphatic rings. The smallest absolute Gasteiger partial charge is 0.359 e. The SMILES string of the molecule is CON=C(C(=O)O)c1ccc(OCCOc2ccc3ccccc3c2)s1. The molecular formula is C19H17NO5S. The zero-order chi connectivity index (χ0) is 18.4. The number of rotatable bonds is 8. The first-order chi connectivity index (χ1) is 12.7. The third-order valence-electron chi connectivity index (χ3n) is 3.52. The van der Waals surface area contributed by atoms with Gasteiger partial charge in [-0.05, 0) is 35.0 Å². The van der Waals surface area contributed by atoms with Crippen LogP contribution >= 0.6 is 11.3 Å². The summed E-state index contributed by atoms with van der Waals surface area (Å²) >= 11 is 1.19. The Hall–Kier alpha value is -3.06. The first-order valence-corrected chi connectivity index (χ1v) is 8.68. The van der Waals surface area contributed by atoms with Crippen LogP contribution in [-0.4, -0.2) is 37.1 Å². The summed E-state index contributed by atoms with van der Waals surface area (Å²) in [6.07, 6.45) is 0. The van der Waals surface area contributed by atoms with E-state index in [0.29, 0.717) is 23.2 Å². The predicted molar refractivity (Wildman–Crippen MR) is 100 cm³/mol. The van der Waals surface area contributed by atoms with Crippen LogP contribution in [0.1, 0.15) is 4.88 Å². The molecule has 0 aliphatic carbocycles. The fourth-order valence-electron chi connectivity index (χ4n) is 2.36. The van der Waals surface area contributed by atoms with Crippen LogP contribution in [0.25, 0.3) is 10.8 Å². The number of carboxylic acids is 1. The zero-order valence-corrected chi connectivity index (χ0v) is 14.9. The minimum Gasteiger partial charge on any atom is -0.490 e. The lowest BCUT2D eigenvalue weighted by atomic mass is 10.1. The molecule has 6 nitrogen and oxygen atoms in total. The Morgan fingerprint density at radius 2 is 1.81 bits per heavy atom. The van der Waals surface area contributed by atoms with Crippen molar-refractivity contribution < 1.29 is 24.2 Å². The van der Waals surface area contributed by atoms with Gasteiger partial charge >= 0.3 is 5.97 Å². The fourth-order valence-corrected chi connectivity index (χ4v) is 3.22. The average molecular weight is 371 g/mol. The maximum atomic E-state index is 11.1. The predicted octanol–water partition coefficient (Wildman–Crippen LogP) is 3.79. The van der Waals surface area contributed by atoms with E-state index in [1.54, 1.807) is 12.1 Å². The molecule has 2 aromatic carbocycles. The molecule has 0 spiro atoms. The van der Waals surface area contributed by atoms with Crippen molar-refractivity contribution in [2.45, 2.75) is 0 Å². The molecule has 0 aliphatic heterocycles. The van der Waals surface area contributed by atoms with E-state index in [9.17, 15) is 4.79 Å². The van der Waals surface area contributed by atoms with Gasteiger partial charge in [-0.25, -0.2) is 4.79 Å². The van der Waals surface area contributed by atoms with E-state index in [1.165, 1.54) is 18.4 Å². The van der Waals surface area contributed by atoms with Crippen LogP contribution in [0.3, 0.4) is 0 Å². The van der Waals surface area contributed by atoms with E-state index in [1.807, 2.05) is 36.4 Å². The Morgan fingerprint density at radius 1 is 1.04 bits per heavy atom. The van der Waals surface area contributed by atoms with Gasteiger partial charge in [-0.1, -0.05) is 46.8 Å². The van der Waals surface area contributed by atoms with Crippen LogP contribution < -0.4 is 9.47 Å². The lowest BCUT2D eigenvalue weighted by Crippen LogP contribution is -2.13. The molecule has 0 saturated heterocycles. The molecule has 0 unspecified atom stereocenters. The van der Waals surface area contributed by atoms with Gasteiger partial charge in [0.2, 0.25) is 5.71 Å². The molecule has 3 aromatic rings. The van der Waals surface area contributed by atoms with E-state index in [4.69, 9.17) is 14.6 Å². The van der Waals surface area contributed by atoms with Crippen LogP contribution in [0, 0.1) is 0 Å². The summed E-state index contributed by atoms with van der Waals surface area (Å²) in [5.74, 6) is -0.376. The van der Waals surface area contributed by atoms with Gasteiger partial charge < -0.3 is 19.4 Å². The molecule has 0 bridgehead atoms. The molecule has 0 radical (unpaired) electrons. The molecule has 3 rings (SSSR count). The van der Waals surface area contributed by atoms with Gasteiger partial charge in [0.1, 0.15) is 26.1 Å². The number of fused-ring (bicyclic) bond motifs is 1. The molecule has 0 atom stereocenters. The van der Waals surface area contributed by atoms with Crippen LogP contribution in [0.15, 0.2) is 59.8 Å². The standard InChI is InChI=1S/C19H17NO5S/c1-23-20-18(19(21)22)16-8-9-17(26-16)25-11-10-24-15-7-6-13-4-2-3-5-14(13)12-15/h2-9,12H,10-11H2,1H3,(H,21,22). The van der Waals surface area contributed by atoms with Crippen LogP contribution in [-0.2, 0) is 9.63 Å². The van der Waals surface area contributed by atoms with Crippen molar-refractivity contribution in [1.29, 1.82) is 0 Å². The second-order valence-electron chi connectivity index (χ2n) is 5.25. The summed E-state index contributed by atoms with van der Waals surface area (Å²) in [6, 6.07) is 17.3. The highest BCUT2D eigenvalue weighted by atomic mass is 32.1. The van der Waals surface area contributed by atoms with Crippen LogP contribution in [0.4, 0.5) is 0 Å². The maximum Gasteiger partial charge on any atom is 0.359 e. The van der Waals surface area contributed by atoms with Gasteiger partial charge in [0.25, 0.3) is 0 Å². The lowest BCUT2D eigenvalue weighted by Gasteiger charge is -2.08. The Bertz CT molecular complexity index is 934. The largest absolute Gasteiger partial charge is 0.490 e. The van der Waals surface area contributed by atoms with Gasteiger partial charge in [0.15, 0.2) is 5.06 Å². The normalized spacial score (nSPS) is 11.3. The summed E-state index contributed by atoms with van der Waals surface area (Å²) in [5.41, 5.74) is -0.153. The van der Waals surface area contributed by atoms with Crippen molar-refractivity contribution in [3.05, 3.63) is 59.5 Å².